The molecule has 2 rings (SSSR count). The Labute approximate surface area is 76.3 Å². The topological polar surface area (TPSA) is 74.2 Å². The molecule has 5 heteroatoms. The van der Waals surface area contributed by atoms with E-state index in [9.17, 15) is 0 Å². The van der Waals surface area contributed by atoms with Crippen molar-refractivity contribution in [1.29, 1.82) is 0 Å². The summed E-state index contributed by atoms with van der Waals surface area (Å²) in [5.74, 6) is 1.19. The molecule has 1 fully saturated rings. The van der Waals surface area contributed by atoms with Crippen LogP contribution in [0.15, 0.2) is 4.52 Å². The Kier molecular flexibility index (Phi) is 2.56. The second-order valence-corrected chi connectivity index (χ2v) is 3.15. The fourth-order valence-electron chi connectivity index (χ4n) is 1.46. The molecule has 0 spiro atoms. The SMILES string of the molecule is NCc1noc(CC2CCCO2)n1. The summed E-state index contributed by atoms with van der Waals surface area (Å²) in [6.45, 7) is 1.18. The normalized spacial score (nSPS) is 22.4. The van der Waals surface area contributed by atoms with E-state index in [4.69, 9.17) is 15.0 Å². The van der Waals surface area contributed by atoms with E-state index >= 15 is 0 Å². The van der Waals surface area contributed by atoms with Gasteiger partial charge in [0.25, 0.3) is 0 Å². The van der Waals surface area contributed by atoms with E-state index in [2.05, 4.69) is 10.1 Å². The van der Waals surface area contributed by atoms with Crippen molar-refractivity contribution in [2.45, 2.75) is 31.9 Å². The van der Waals surface area contributed by atoms with Gasteiger partial charge in [-0.2, -0.15) is 4.98 Å². The molecule has 0 radical (unpaired) electrons. The highest BCUT2D eigenvalue weighted by atomic mass is 16.5. The minimum Gasteiger partial charge on any atom is -0.378 e. The molecule has 1 aliphatic rings. The minimum absolute atomic E-state index is 0.256. The number of hydrogen-bond acceptors (Lipinski definition) is 5. The Morgan fingerprint density at radius 3 is 3.08 bits per heavy atom. The first-order chi connectivity index (χ1) is 6.38. The van der Waals surface area contributed by atoms with Crippen LogP contribution in [0.4, 0.5) is 0 Å². The Hall–Kier alpha value is -0.940. The fourth-order valence-corrected chi connectivity index (χ4v) is 1.46. The van der Waals surface area contributed by atoms with Crippen LogP contribution >= 0.6 is 0 Å². The lowest BCUT2D eigenvalue weighted by molar-refractivity contribution is 0.104. The monoisotopic (exact) mass is 183 g/mol. The maximum atomic E-state index is 5.44. The molecule has 2 heterocycles. The minimum atomic E-state index is 0.256. The lowest BCUT2D eigenvalue weighted by atomic mass is 10.2. The zero-order valence-electron chi connectivity index (χ0n) is 7.40. The third-order valence-corrected chi connectivity index (χ3v) is 2.12. The number of nitrogens with zero attached hydrogens (tertiary/aromatic N) is 2. The highest BCUT2D eigenvalue weighted by molar-refractivity contribution is 4.88. The maximum Gasteiger partial charge on any atom is 0.229 e. The van der Waals surface area contributed by atoms with E-state index in [1.54, 1.807) is 0 Å². The number of rotatable bonds is 3. The summed E-state index contributed by atoms with van der Waals surface area (Å²) in [7, 11) is 0. The van der Waals surface area contributed by atoms with Gasteiger partial charge in [0.15, 0.2) is 5.82 Å². The van der Waals surface area contributed by atoms with Gasteiger partial charge in [-0.25, -0.2) is 0 Å². The summed E-state index contributed by atoms with van der Waals surface area (Å²) < 4.78 is 10.4. The van der Waals surface area contributed by atoms with Gasteiger partial charge < -0.3 is 15.0 Å². The fraction of sp³-hybridized carbons (Fsp3) is 0.750. The molecule has 1 aromatic heterocycles. The molecule has 1 aromatic rings. The standard InChI is InChI=1S/C8H13N3O2/c9-5-7-10-8(13-11-7)4-6-2-1-3-12-6/h6H,1-5,9H2. The van der Waals surface area contributed by atoms with Gasteiger partial charge in [0.05, 0.1) is 19.1 Å². The molecule has 1 saturated heterocycles. The zero-order chi connectivity index (χ0) is 9.10. The maximum absolute atomic E-state index is 5.44. The van der Waals surface area contributed by atoms with Crippen LogP contribution in [0.5, 0.6) is 0 Å². The van der Waals surface area contributed by atoms with Crippen molar-refractivity contribution in [3.8, 4) is 0 Å². The molecule has 0 amide bonds. The molecule has 2 N–H and O–H groups in total. The highest BCUT2D eigenvalue weighted by Gasteiger charge is 2.18. The van der Waals surface area contributed by atoms with Crippen LogP contribution in [0, 0.1) is 0 Å². The second-order valence-electron chi connectivity index (χ2n) is 3.15. The van der Waals surface area contributed by atoms with Crippen LogP contribution in [-0.4, -0.2) is 22.9 Å². The molecule has 0 aliphatic carbocycles. The summed E-state index contributed by atoms with van der Waals surface area (Å²) in [5, 5.41) is 3.71. The van der Waals surface area contributed by atoms with E-state index in [-0.39, 0.29) is 6.10 Å². The molecule has 72 valence electrons. The molecule has 1 aliphatic heterocycles. The first-order valence-electron chi connectivity index (χ1n) is 4.51. The van der Waals surface area contributed by atoms with Crippen molar-refractivity contribution in [2.75, 3.05) is 6.61 Å². The Bertz CT molecular complexity index is 268. The molecule has 0 aromatic carbocycles. The Morgan fingerprint density at radius 1 is 1.54 bits per heavy atom. The first-order valence-corrected chi connectivity index (χ1v) is 4.51. The lowest BCUT2D eigenvalue weighted by Crippen LogP contribution is -2.09. The molecule has 1 atom stereocenters. The van der Waals surface area contributed by atoms with Gasteiger partial charge in [0, 0.05) is 6.61 Å². The molecule has 0 bridgehead atoms. The zero-order valence-corrected chi connectivity index (χ0v) is 7.40. The third kappa shape index (κ3) is 2.05. The lowest BCUT2D eigenvalue weighted by Gasteiger charge is -2.03. The van der Waals surface area contributed by atoms with Gasteiger partial charge in [-0.3, -0.25) is 0 Å². The average molecular weight is 183 g/mol. The van der Waals surface area contributed by atoms with Crippen LogP contribution in [-0.2, 0) is 17.7 Å². The van der Waals surface area contributed by atoms with Gasteiger partial charge in [0.1, 0.15) is 0 Å². The predicted molar refractivity (Wildman–Crippen MR) is 44.9 cm³/mol. The Balaban J connectivity index is 1.92. The van der Waals surface area contributed by atoms with E-state index < -0.39 is 0 Å². The molecule has 13 heavy (non-hydrogen) atoms. The van der Waals surface area contributed by atoms with Crippen LogP contribution in [0.2, 0.25) is 0 Å². The summed E-state index contributed by atoms with van der Waals surface area (Å²) in [5.41, 5.74) is 5.36. The van der Waals surface area contributed by atoms with Crippen molar-refractivity contribution >= 4 is 0 Å². The predicted octanol–water partition coefficient (Wildman–Crippen LogP) is 0.250. The van der Waals surface area contributed by atoms with Gasteiger partial charge >= 0.3 is 0 Å². The van der Waals surface area contributed by atoms with Gasteiger partial charge in [-0.05, 0) is 12.8 Å². The highest BCUT2D eigenvalue weighted by Crippen LogP contribution is 2.15. The van der Waals surface area contributed by atoms with Crippen molar-refractivity contribution in [2.24, 2.45) is 5.73 Å². The van der Waals surface area contributed by atoms with Crippen molar-refractivity contribution in [1.82, 2.24) is 10.1 Å². The first kappa shape index (κ1) is 8.65. The van der Waals surface area contributed by atoms with E-state index in [1.165, 1.54) is 0 Å². The van der Waals surface area contributed by atoms with E-state index in [1.807, 2.05) is 0 Å². The van der Waals surface area contributed by atoms with Crippen LogP contribution in [0.3, 0.4) is 0 Å². The molecule has 5 nitrogen and oxygen atoms in total. The largest absolute Gasteiger partial charge is 0.378 e. The number of ether oxygens (including phenoxy) is 1. The van der Waals surface area contributed by atoms with Crippen LogP contribution in [0.25, 0.3) is 0 Å². The number of aromatic nitrogens is 2. The van der Waals surface area contributed by atoms with E-state index in [0.29, 0.717) is 24.7 Å². The van der Waals surface area contributed by atoms with Gasteiger partial charge in [-0.1, -0.05) is 5.16 Å². The molecular formula is C8H13N3O2. The average Bonchev–Trinajstić information content (AvgIpc) is 2.76. The van der Waals surface area contributed by atoms with Crippen molar-refractivity contribution in [3.63, 3.8) is 0 Å². The summed E-state index contributed by atoms with van der Waals surface area (Å²) >= 11 is 0. The second kappa shape index (κ2) is 3.85. The summed E-state index contributed by atoms with van der Waals surface area (Å²) in [6, 6.07) is 0. The van der Waals surface area contributed by atoms with Gasteiger partial charge in [0.2, 0.25) is 5.89 Å². The number of hydrogen-bond donors (Lipinski definition) is 1. The smallest absolute Gasteiger partial charge is 0.229 e. The van der Waals surface area contributed by atoms with Crippen LogP contribution < -0.4 is 5.73 Å². The van der Waals surface area contributed by atoms with E-state index in [0.717, 1.165) is 19.4 Å². The molecule has 0 saturated carbocycles. The van der Waals surface area contributed by atoms with Gasteiger partial charge in [-0.15, -0.1) is 0 Å². The number of nitrogens with two attached hydrogens (primary N) is 1. The summed E-state index contributed by atoms with van der Waals surface area (Å²) in [4.78, 5) is 4.11. The Morgan fingerprint density at radius 2 is 2.46 bits per heavy atom. The van der Waals surface area contributed by atoms with Crippen molar-refractivity contribution < 1.29 is 9.26 Å². The third-order valence-electron chi connectivity index (χ3n) is 2.12. The van der Waals surface area contributed by atoms with Crippen LogP contribution in [0.1, 0.15) is 24.6 Å². The molecular weight excluding hydrogens is 170 g/mol. The summed E-state index contributed by atoms with van der Waals surface area (Å²) in [6.07, 6.45) is 3.18. The van der Waals surface area contributed by atoms with Crippen molar-refractivity contribution in [3.05, 3.63) is 11.7 Å². The quantitative estimate of drug-likeness (QED) is 0.727. The molecule has 1 unspecified atom stereocenters.